The number of fused-ring (bicyclic) bond motifs is 1. The summed E-state index contributed by atoms with van der Waals surface area (Å²) in [6.07, 6.45) is 7.15. The second-order valence-electron chi connectivity index (χ2n) is 7.88. The third-order valence-electron chi connectivity index (χ3n) is 4.54. The smallest absolute Gasteiger partial charge is 0.277 e. The molecule has 2 N–H and O–H groups in total. The van der Waals surface area contributed by atoms with Gasteiger partial charge >= 0.3 is 0 Å². The molecule has 0 spiro atoms. The summed E-state index contributed by atoms with van der Waals surface area (Å²) in [6, 6.07) is 6.54. The van der Waals surface area contributed by atoms with E-state index in [4.69, 9.17) is 0 Å². The number of benzene rings is 1. The zero-order valence-corrected chi connectivity index (χ0v) is 16.4. The normalized spacial score (nSPS) is 20.1. The Labute approximate surface area is 164 Å². The number of carbonyl (C=O) groups excluding carboxylic acids is 3. The zero-order chi connectivity index (χ0) is 20.5. The Morgan fingerprint density at radius 2 is 1.79 bits per heavy atom. The second-order valence-corrected chi connectivity index (χ2v) is 7.88. The highest BCUT2D eigenvalue weighted by Gasteiger charge is 2.32. The van der Waals surface area contributed by atoms with Crippen molar-refractivity contribution in [2.45, 2.75) is 27.7 Å². The van der Waals surface area contributed by atoms with Gasteiger partial charge in [-0.1, -0.05) is 26.8 Å². The average Bonchev–Trinajstić information content (AvgIpc) is 2.60. The molecular formula is C22H23N3O3. The Kier molecular flexibility index (Phi) is 5.14. The molecule has 1 aliphatic heterocycles. The van der Waals surface area contributed by atoms with Crippen LogP contribution >= 0.6 is 0 Å². The molecule has 3 rings (SSSR count). The summed E-state index contributed by atoms with van der Waals surface area (Å²) in [5, 5.41) is 5.50. The summed E-state index contributed by atoms with van der Waals surface area (Å²) >= 11 is 0. The fourth-order valence-electron chi connectivity index (χ4n) is 3.22. The van der Waals surface area contributed by atoms with Crippen LogP contribution in [-0.2, 0) is 9.59 Å². The van der Waals surface area contributed by atoms with E-state index in [0.717, 1.165) is 11.3 Å². The topological polar surface area (TPSA) is 87.6 Å². The summed E-state index contributed by atoms with van der Waals surface area (Å²) in [5.41, 5.74) is 3.12. The molecule has 0 radical (unpaired) electrons. The highest BCUT2D eigenvalue weighted by Crippen LogP contribution is 2.38. The second kappa shape index (κ2) is 7.38. The predicted octanol–water partition coefficient (Wildman–Crippen LogP) is 3.40. The van der Waals surface area contributed by atoms with Crippen LogP contribution in [0.15, 0.2) is 64.8 Å². The van der Waals surface area contributed by atoms with E-state index in [1.807, 2.05) is 6.08 Å². The maximum absolute atomic E-state index is 12.5. The molecule has 0 bridgehead atoms. The first-order valence-corrected chi connectivity index (χ1v) is 9.07. The lowest BCUT2D eigenvalue weighted by molar-refractivity contribution is -0.116. The number of hydrogen-bond acceptors (Lipinski definition) is 3. The first-order chi connectivity index (χ1) is 13.1. The lowest BCUT2D eigenvalue weighted by Gasteiger charge is -2.34. The van der Waals surface area contributed by atoms with Gasteiger partial charge in [-0.25, -0.2) is 4.99 Å². The molecule has 1 atom stereocenters. The molecule has 6 heteroatoms. The fourth-order valence-corrected chi connectivity index (χ4v) is 3.22. The minimum atomic E-state index is -0.391. The van der Waals surface area contributed by atoms with Crippen LogP contribution in [0.25, 0.3) is 0 Å². The van der Waals surface area contributed by atoms with Gasteiger partial charge in [0.2, 0.25) is 11.8 Å². The van der Waals surface area contributed by atoms with E-state index >= 15 is 0 Å². The Hall–Kier alpha value is -3.28. The molecule has 3 amide bonds. The van der Waals surface area contributed by atoms with E-state index in [0.29, 0.717) is 17.0 Å². The van der Waals surface area contributed by atoms with Gasteiger partial charge in [-0.2, -0.15) is 0 Å². The van der Waals surface area contributed by atoms with Gasteiger partial charge in [0.1, 0.15) is 0 Å². The largest absolute Gasteiger partial charge is 0.326 e. The van der Waals surface area contributed by atoms with E-state index < -0.39 is 5.91 Å². The van der Waals surface area contributed by atoms with Crippen molar-refractivity contribution < 1.29 is 14.4 Å². The standard InChI is InChI=1S/C22H23N3O3/c1-13(26)23-15-7-5-14(6-8-15)21(28)24-16-9-10-17-18(22(2,3)4)12-20(27)25-19(17)11-16/h5-12,17H,1-4H3,(H,23,26)(H,25,27). The van der Waals surface area contributed by atoms with Crippen molar-refractivity contribution in [1.29, 1.82) is 0 Å². The van der Waals surface area contributed by atoms with Crippen LogP contribution in [0, 0.1) is 11.3 Å². The third kappa shape index (κ3) is 4.34. The Morgan fingerprint density at radius 3 is 2.39 bits per heavy atom. The van der Waals surface area contributed by atoms with Crippen LogP contribution in [0.1, 0.15) is 38.1 Å². The molecule has 0 saturated carbocycles. The van der Waals surface area contributed by atoms with Crippen LogP contribution in [0.2, 0.25) is 0 Å². The van der Waals surface area contributed by atoms with Gasteiger partial charge in [-0.3, -0.25) is 14.4 Å². The summed E-state index contributed by atoms with van der Waals surface area (Å²) in [4.78, 5) is 39.7. The maximum Gasteiger partial charge on any atom is 0.277 e. The molecule has 2 aliphatic rings. The summed E-state index contributed by atoms with van der Waals surface area (Å²) < 4.78 is 0. The Balaban J connectivity index is 1.82. The molecule has 144 valence electrons. The van der Waals surface area contributed by atoms with E-state index in [1.165, 1.54) is 6.92 Å². The van der Waals surface area contributed by atoms with Gasteiger partial charge in [0.05, 0.1) is 5.71 Å². The number of amides is 3. The zero-order valence-electron chi connectivity index (χ0n) is 16.4. The fraction of sp³-hybridized carbons (Fsp3) is 0.273. The van der Waals surface area contributed by atoms with Crippen LogP contribution in [-0.4, -0.2) is 23.4 Å². The van der Waals surface area contributed by atoms with Gasteiger partial charge in [0.15, 0.2) is 0 Å². The number of anilines is 1. The van der Waals surface area contributed by atoms with Crippen molar-refractivity contribution in [2.75, 3.05) is 5.32 Å². The molecule has 1 aliphatic carbocycles. The number of allylic oxidation sites excluding steroid dienone is 3. The van der Waals surface area contributed by atoms with Crippen molar-refractivity contribution in [1.82, 2.24) is 5.32 Å². The summed E-state index contributed by atoms with van der Waals surface area (Å²) in [7, 11) is 0. The Bertz CT molecular complexity index is 958. The number of hydrogen-bond donors (Lipinski definition) is 2. The van der Waals surface area contributed by atoms with Crippen molar-refractivity contribution in [2.24, 2.45) is 16.3 Å². The molecule has 1 aromatic carbocycles. The van der Waals surface area contributed by atoms with E-state index in [9.17, 15) is 14.4 Å². The van der Waals surface area contributed by atoms with Crippen LogP contribution in [0.4, 0.5) is 5.69 Å². The van der Waals surface area contributed by atoms with Gasteiger partial charge in [-0.05, 0) is 47.4 Å². The van der Waals surface area contributed by atoms with Crippen molar-refractivity contribution in [3.05, 3.63) is 65.4 Å². The monoisotopic (exact) mass is 377 g/mol. The van der Waals surface area contributed by atoms with Crippen molar-refractivity contribution >= 4 is 29.1 Å². The minimum absolute atomic E-state index is 0.0244. The molecule has 1 heterocycles. The molecule has 0 saturated heterocycles. The number of carbonyl (C=O) groups is 3. The highest BCUT2D eigenvalue weighted by atomic mass is 16.2. The molecule has 1 aromatic rings. The Morgan fingerprint density at radius 1 is 1.11 bits per heavy atom. The molecule has 1 unspecified atom stereocenters. The van der Waals surface area contributed by atoms with Crippen molar-refractivity contribution in [3.8, 4) is 0 Å². The SMILES string of the molecule is CC(=O)Nc1ccc(C(=O)N=C2C=CC3C(=C2)NC(=O)C=C3C(C)(C)C)cc1. The first kappa shape index (κ1) is 19.5. The maximum atomic E-state index is 12.5. The number of nitrogens with zero attached hydrogens (tertiary/aromatic N) is 1. The summed E-state index contributed by atoms with van der Waals surface area (Å²) in [6.45, 7) is 7.63. The molecule has 28 heavy (non-hydrogen) atoms. The highest BCUT2D eigenvalue weighted by molar-refractivity contribution is 6.14. The minimum Gasteiger partial charge on any atom is -0.326 e. The first-order valence-electron chi connectivity index (χ1n) is 9.07. The lowest BCUT2D eigenvalue weighted by Crippen LogP contribution is -2.36. The number of nitrogens with one attached hydrogen (secondary N) is 2. The molecule has 0 fully saturated rings. The van der Waals surface area contributed by atoms with Gasteiger partial charge in [0.25, 0.3) is 5.91 Å². The van der Waals surface area contributed by atoms with Crippen LogP contribution in [0.3, 0.4) is 0 Å². The lowest BCUT2D eigenvalue weighted by atomic mass is 9.74. The van der Waals surface area contributed by atoms with Crippen molar-refractivity contribution in [3.63, 3.8) is 0 Å². The predicted molar refractivity (Wildman–Crippen MR) is 109 cm³/mol. The van der Waals surface area contributed by atoms with Crippen LogP contribution < -0.4 is 10.6 Å². The van der Waals surface area contributed by atoms with E-state index in [-0.39, 0.29) is 23.1 Å². The summed E-state index contributed by atoms with van der Waals surface area (Å²) in [5.74, 6) is -0.755. The number of aliphatic imine (C=N–C) groups is 1. The average molecular weight is 377 g/mol. The molecule has 6 nitrogen and oxygen atoms in total. The van der Waals surface area contributed by atoms with E-state index in [2.05, 4.69) is 36.4 Å². The third-order valence-corrected chi connectivity index (χ3v) is 4.54. The van der Waals surface area contributed by atoms with E-state index in [1.54, 1.807) is 42.5 Å². The van der Waals surface area contributed by atoms with Gasteiger partial charge in [0, 0.05) is 35.9 Å². The van der Waals surface area contributed by atoms with Gasteiger partial charge in [-0.15, -0.1) is 0 Å². The number of rotatable bonds is 2. The molecule has 0 aromatic heterocycles. The molecular weight excluding hydrogens is 354 g/mol. The van der Waals surface area contributed by atoms with Crippen LogP contribution in [0.5, 0.6) is 0 Å². The quantitative estimate of drug-likeness (QED) is 0.828. The van der Waals surface area contributed by atoms with Gasteiger partial charge < -0.3 is 10.6 Å².